The average molecular weight is 1140 g/mol. The molecule has 452 valence electrons. The molecule has 3 rings (SSSR count). The number of aliphatic carboxylic acids is 1. The van der Waals surface area contributed by atoms with Gasteiger partial charge in [-0.2, -0.15) is 0 Å². The molecule has 81 heavy (non-hydrogen) atoms. The zero-order valence-electron chi connectivity index (χ0n) is 50.9. The lowest BCUT2D eigenvalue weighted by Crippen LogP contribution is -2.60. The van der Waals surface area contributed by atoms with Crippen LogP contribution in [0.4, 0.5) is 10.5 Å². The molecule has 6 N–H and O–H groups in total. The first-order chi connectivity index (χ1) is 37.9. The van der Waals surface area contributed by atoms with Crippen molar-refractivity contribution in [2.24, 2.45) is 35.0 Å². The van der Waals surface area contributed by atoms with Gasteiger partial charge in [-0.05, 0) is 66.7 Å². The molecule has 1 saturated heterocycles. The summed E-state index contributed by atoms with van der Waals surface area (Å²) >= 11 is 0. The van der Waals surface area contributed by atoms with E-state index >= 15 is 0 Å². The van der Waals surface area contributed by atoms with Gasteiger partial charge in [-0.3, -0.25) is 38.5 Å². The summed E-state index contributed by atoms with van der Waals surface area (Å²) < 4.78 is 17.6. The highest BCUT2D eigenvalue weighted by Gasteiger charge is 2.44. The van der Waals surface area contributed by atoms with Crippen LogP contribution in [0.3, 0.4) is 0 Å². The van der Waals surface area contributed by atoms with Crippen LogP contribution >= 0.6 is 0 Å². The van der Waals surface area contributed by atoms with Crippen LogP contribution in [-0.2, 0) is 65.6 Å². The van der Waals surface area contributed by atoms with Gasteiger partial charge in [0.15, 0.2) is 0 Å². The third-order valence-corrected chi connectivity index (χ3v) is 15.2. The summed E-state index contributed by atoms with van der Waals surface area (Å²) in [6, 6.07) is 9.35. The highest BCUT2D eigenvalue weighted by atomic mass is 16.6. The molecule has 0 radical (unpaired) electrons. The van der Waals surface area contributed by atoms with Crippen LogP contribution in [0.1, 0.15) is 127 Å². The Bertz CT molecular complexity index is 2430. The van der Waals surface area contributed by atoms with Crippen LogP contribution in [0.15, 0.2) is 54.6 Å². The van der Waals surface area contributed by atoms with Crippen molar-refractivity contribution in [1.29, 1.82) is 0 Å². The smallest absolute Gasteiger partial charge is 0.410 e. The molecule has 8 amide bonds. The van der Waals surface area contributed by atoms with E-state index in [1.807, 2.05) is 19.9 Å². The van der Waals surface area contributed by atoms with Gasteiger partial charge in [-0.25, -0.2) is 9.59 Å². The summed E-state index contributed by atoms with van der Waals surface area (Å²) in [7, 11) is 6.03. The fraction of sp³-hybridized carbons (Fsp3) is 0.650. The number of amides is 8. The predicted octanol–water partition coefficient (Wildman–Crippen LogP) is 5.78. The van der Waals surface area contributed by atoms with Crippen LogP contribution in [-0.4, -0.2) is 163 Å². The zero-order chi connectivity index (χ0) is 61.2. The van der Waals surface area contributed by atoms with E-state index in [0.717, 1.165) is 5.56 Å². The summed E-state index contributed by atoms with van der Waals surface area (Å²) in [4.78, 5) is 126. The van der Waals surface area contributed by atoms with Crippen molar-refractivity contribution in [3.05, 3.63) is 65.7 Å². The Hall–Kier alpha value is -6.61. The van der Waals surface area contributed by atoms with E-state index in [1.54, 1.807) is 130 Å². The lowest BCUT2D eigenvalue weighted by atomic mass is 9.89. The number of methoxy groups -OCH3 is 2. The quantitative estimate of drug-likeness (QED) is 0.0565. The van der Waals surface area contributed by atoms with Crippen molar-refractivity contribution in [2.75, 3.05) is 40.2 Å². The minimum atomic E-state index is -1.18. The van der Waals surface area contributed by atoms with Gasteiger partial charge in [-0.1, -0.05) is 132 Å². The number of anilines is 1. The molecular formula is C60H94N8O13. The Labute approximate surface area is 480 Å². The topological polar surface area (TPSA) is 271 Å². The average Bonchev–Trinajstić information content (AvgIpc) is 3.90. The van der Waals surface area contributed by atoms with Gasteiger partial charge < -0.3 is 55.7 Å². The van der Waals surface area contributed by atoms with Crippen LogP contribution < -0.4 is 26.6 Å². The normalized spacial score (nSPS) is 17.3. The van der Waals surface area contributed by atoms with Crippen molar-refractivity contribution in [1.82, 2.24) is 36.0 Å². The van der Waals surface area contributed by atoms with Crippen molar-refractivity contribution < 1.29 is 62.5 Å². The summed E-state index contributed by atoms with van der Waals surface area (Å²) in [5.41, 5.74) is 1.04. The molecule has 1 aliphatic rings. The number of likely N-dealkylation sites (N-methyl/N-ethyl adjacent to an activating group) is 2. The fourth-order valence-corrected chi connectivity index (χ4v) is 10.1. The lowest BCUT2D eigenvalue weighted by molar-refractivity contribution is -0.148. The SMILES string of the molecule is CC[C@H](C)C([C@@H](CC(=O)N1CCCC1[C@H](OC)[C@@H](C)C(=O)N[C@@H](Cc1ccccc1)C(=O)O)OC)N(C)C(=O)[C@@H](NC(=O)[C@H](C(C)C)N(C)C(=O)OCc1ccc(NC(=O)[C@H](C)NC(=O)[C@@H](NC(=O)C(C)(C)C)C(C)C)cc1)C(C)C. The Morgan fingerprint density at radius 3 is 1.83 bits per heavy atom. The van der Waals surface area contributed by atoms with Gasteiger partial charge in [-0.15, -0.1) is 0 Å². The Morgan fingerprint density at radius 1 is 0.704 bits per heavy atom. The molecular weight excluding hydrogens is 1040 g/mol. The molecule has 2 unspecified atom stereocenters. The number of carbonyl (C=O) groups excluding carboxylic acids is 8. The van der Waals surface area contributed by atoms with Crippen molar-refractivity contribution in [2.45, 2.75) is 183 Å². The fourth-order valence-electron chi connectivity index (χ4n) is 10.1. The monoisotopic (exact) mass is 1130 g/mol. The molecule has 11 atom stereocenters. The number of ether oxygens (including phenoxy) is 3. The largest absolute Gasteiger partial charge is 0.480 e. The molecule has 0 aromatic heterocycles. The molecule has 1 heterocycles. The third-order valence-electron chi connectivity index (χ3n) is 15.2. The number of benzene rings is 2. The summed E-state index contributed by atoms with van der Waals surface area (Å²) in [6.45, 7) is 23.3. The second kappa shape index (κ2) is 31.6. The first-order valence-corrected chi connectivity index (χ1v) is 28.3. The second-order valence-electron chi connectivity index (χ2n) is 23.6. The number of carbonyl (C=O) groups is 9. The van der Waals surface area contributed by atoms with E-state index in [1.165, 1.54) is 38.0 Å². The minimum Gasteiger partial charge on any atom is -0.480 e. The number of rotatable bonds is 29. The number of carboxylic acid groups (broad SMARTS) is 1. The van der Waals surface area contributed by atoms with Crippen molar-refractivity contribution in [3.63, 3.8) is 0 Å². The van der Waals surface area contributed by atoms with E-state index in [9.17, 15) is 48.3 Å². The van der Waals surface area contributed by atoms with Crippen LogP contribution in [0.25, 0.3) is 0 Å². The predicted molar refractivity (Wildman–Crippen MR) is 308 cm³/mol. The molecule has 21 nitrogen and oxygen atoms in total. The maximum absolute atomic E-state index is 14.7. The second-order valence-corrected chi connectivity index (χ2v) is 23.6. The van der Waals surface area contributed by atoms with E-state index in [-0.39, 0.29) is 43.1 Å². The Kier molecular flexibility index (Phi) is 26.8. The number of carboxylic acids is 1. The van der Waals surface area contributed by atoms with Crippen LogP contribution in [0.5, 0.6) is 0 Å². The maximum atomic E-state index is 14.7. The van der Waals surface area contributed by atoms with Gasteiger partial charge >= 0.3 is 12.1 Å². The molecule has 21 heteroatoms. The summed E-state index contributed by atoms with van der Waals surface area (Å²) in [5, 5.41) is 23.8. The zero-order valence-corrected chi connectivity index (χ0v) is 50.9. The van der Waals surface area contributed by atoms with Crippen molar-refractivity contribution in [3.8, 4) is 0 Å². The van der Waals surface area contributed by atoms with Crippen LogP contribution in [0, 0.1) is 35.0 Å². The van der Waals surface area contributed by atoms with Gasteiger partial charge in [0.05, 0.1) is 36.6 Å². The first-order valence-electron chi connectivity index (χ1n) is 28.3. The summed E-state index contributed by atoms with van der Waals surface area (Å²) in [5.74, 6) is -6.27. The molecule has 2 aromatic carbocycles. The molecule has 0 bridgehead atoms. The highest BCUT2D eigenvalue weighted by Crippen LogP contribution is 2.30. The lowest BCUT2D eigenvalue weighted by Gasteiger charge is -2.41. The van der Waals surface area contributed by atoms with E-state index in [0.29, 0.717) is 37.1 Å². The molecule has 1 fully saturated rings. The minimum absolute atomic E-state index is 0.0885. The number of likely N-dealkylation sites (tertiary alicyclic amines) is 1. The number of hydrogen-bond donors (Lipinski definition) is 6. The molecule has 0 aliphatic carbocycles. The maximum Gasteiger partial charge on any atom is 0.410 e. The van der Waals surface area contributed by atoms with E-state index < -0.39 is 119 Å². The van der Waals surface area contributed by atoms with Gasteiger partial charge in [0, 0.05) is 52.4 Å². The van der Waals surface area contributed by atoms with Crippen molar-refractivity contribution >= 4 is 59.1 Å². The molecule has 2 aromatic rings. The van der Waals surface area contributed by atoms with Gasteiger partial charge in [0.1, 0.15) is 36.8 Å². The molecule has 1 aliphatic heterocycles. The standard InChI is InChI=1S/C60H94N8O13/c1-18-37(8)50(45(79-16)32-46(69)68-30-22-25-44(68)51(80-17)38(9)52(70)63-43(57(75)76)31-40-23-20-19-21-24-40)66(14)56(74)48(35(4)5)64-55(73)49(36(6)7)67(15)59(78)81-33-41-26-28-42(29-27-41)62-53(71)39(10)61-54(72)47(34(2)3)65-58(77)60(11,12)13/h19-21,23-24,26-29,34-39,43-45,47-51H,18,22,25,30-33H2,1-17H3,(H,61,72)(H,62,71)(H,63,70)(H,64,73)(H,65,77)(H,75,76)/t37-,38+,39-,43-,44?,45+,47-,48-,49-,50?,51+/m0/s1. The van der Waals surface area contributed by atoms with Crippen LogP contribution in [0.2, 0.25) is 0 Å². The van der Waals surface area contributed by atoms with E-state index in [4.69, 9.17) is 14.2 Å². The van der Waals surface area contributed by atoms with Gasteiger partial charge in [0.2, 0.25) is 41.4 Å². The first kappa shape index (κ1) is 68.7. The number of hydrogen-bond acceptors (Lipinski definition) is 12. The molecule has 0 saturated carbocycles. The number of nitrogens with zero attached hydrogens (tertiary/aromatic N) is 3. The van der Waals surface area contributed by atoms with E-state index in [2.05, 4.69) is 26.6 Å². The summed E-state index contributed by atoms with van der Waals surface area (Å²) in [6.07, 6.45) is -0.560. The van der Waals surface area contributed by atoms with Gasteiger partial charge in [0.25, 0.3) is 0 Å². The third kappa shape index (κ3) is 19.5. The Morgan fingerprint density at radius 2 is 1.31 bits per heavy atom. The highest BCUT2D eigenvalue weighted by molar-refractivity contribution is 5.98. The number of nitrogens with one attached hydrogen (secondary N) is 5. The Balaban J connectivity index is 1.69. The molecule has 0 spiro atoms.